The Morgan fingerprint density at radius 1 is 0.325 bits per heavy atom. The highest BCUT2D eigenvalue weighted by atomic mass is 31.2. The molecule has 5 atom stereocenters. The molecule has 83 heavy (non-hydrogen) atoms. The Hall–Kier alpha value is -1.94. The normalized spacial score (nSPS) is 14.3. The van der Waals surface area contributed by atoms with Gasteiger partial charge >= 0.3 is 39.5 Å². The molecule has 0 rings (SSSR count). The molecule has 0 aromatic rings. The lowest BCUT2D eigenvalue weighted by Crippen LogP contribution is -2.30. The molecule has 0 fully saturated rings. The van der Waals surface area contributed by atoms with E-state index in [1.165, 1.54) is 122 Å². The van der Waals surface area contributed by atoms with Crippen LogP contribution in [0.3, 0.4) is 0 Å². The molecule has 3 N–H and O–H groups in total. The summed E-state index contributed by atoms with van der Waals surface area (Å²) in [5, 5.41) is 10.5. The maximum atomic E-state index is 13.0. The van der Waals surface area contributed by atoms with Gasteiger partial charge in [-0.05, 0) is 37.5 Å². The number of rotatable bonds is 63. The lowest BCUT2D eigenvalue weighted by molar-refractivity contribution is -0.161. The fraction of sp³-hybridized carbons (Fsp3) is 0.938. The van der Waals surface area contributed by atoms with Crippen LogP contribution in [0.25, 0.3) is 0 Å². The Balaban J connectivity index is 5.22. The van der Waals surface area contributed by atoms with Crippen LogP contribution in [0, 0.1) is 11.8 Å². The minimum absolute atomic E-state index is 0.106. The Kier molecular flexibility index (Phi) is 55.2. The van der Waals surface area contributed by atoms with E-state index in [4.69, 9.17) is 37.0 Å². The molecule has 0 amide bonds. The highest BCUT2D eigenvalue weighted by Crippen LogP contribution is 2.45. The summed E-state index contributed by atoms with van der Waals surface area (Å²) in [5.74, 6) is -0.627. The standard InChI is InChI=1S/C64H124O17P2/c1-7-9-11-13-15-16-23-30-36-42-48-63(68)80-59(52-74-61(66)46-40-34-26-14-12-10-8-2)54-78-82(70,71)76-50-58(65)51-77-83(72,73)79-55-60(81-64(69)49-43-37-31-25-20-18-22-28-33-39-45-57(5)6)53-75-62(67)47-41-35-29-24-19-17-21-27-32-38-44-56(3)4/h56-60,65H,7-55H2,1-6H3,(H,70,71)(H,72,73)/t58-,59+,60+/m0/s1. The fourth-order valence-corrected chi connectivity index (χ4v) is 11.1. The number of hydrogen-bond donors (Lipinski definition) is 3. The predicted molar refractivity (Wildman–Crippen MR) is 331 cm³/mol. The summed E-state index contributed by atoms with van der Waals surface area (Å²) >= 11 is 0. The van der Waals surface area contributed by atoms with Gasteiger partial charge in [0.05, 0.1) is 26.4 Å². The van der Waals surface area contributed by atoms with Crippen molar-refractivity contribution in [2.24, 2.45) is 11.8 Å². The first-order valence-electron chi connectivity index (χ1n) is 33.5. The van der Waals surface area contributed by atoms with Gasteiger partial charge in [0.2, 0.25) is 0 Å². The van der Waals surface area contributed by atoms with Crippen molar-refractivity contribution in [3.63, 3.8) is 0 Å². The van der Waals surface area contributed by atoms with Crippen LogP contribution in [-0.2, 0) is 65.4 Å². The molecular weight excluding hydrogens is 1100 g/mol. The van der Waals surface area contributed by atoms with Gasteiger partial charge in [0.15, 0.2) is 12.2 Å². The zero-order valence-electron chi connectivity index (χ0n) is 53.5. The molecule has 0 heterocycles. The smallest absolute Gasteiger partial charge is 0.462 e. The number of carbonyl (C=O) groups is 4. The van der Waals surface area contributed by atoms with E-state index in [-0.39, 0.29) is 25.7 Å². The van der Waals surface area contributed by atoms with Gasteiger partial charge in [-0.2, -0.15) is 0 Å². The topological polar surface area (TPSA) is 237 Å². The highest BCUT2D eigenvalue weighted by molar-refractivity contribution is 7.47. The van der Waals surface area contributed by atoms with Crippen molar-refractivity contribution >= 4 is 39.5 Å². The largest absolute Gasteiger partial charge is 0.472 e. The molecule has 0 aliphatic carbocycles. The average molecular weight is 1230 g/mol. The number of hydrogen-bond acceptors (Lipinski definition) is 15. The molecule has 0 saturated heterocycles. The Morgan fingerprint density at radius 3 is 0.819 bits per heavy atom. The van der Waals surface area contributed by atoms with Crippen molar-refractivity contribution in [2.45, 2.75) is 336 Å². The molecule has 0 aromatic heterocycles. The maximum Gasteiger partial charge on any atom is 0.472 e. The third kappa shape index (κ3) is 58.8. The second-order valence-corrected chi connectivity index (χ2v) is 27.0. The second kappa shape index (κ2) is 56.6. The SMILES string of the molecule is CCCCCCCCCCCCC(=O)O[C@H](COC(=O)CCCCCCCCC)COP(=O)(O)OC[C@H](O)COP(=O)(O)OC[C@@H](COC(=O)CCCCCCCCCCCCC(C)C)OC(=O)CCCCCCCCCCCCC(C)C. The van der Waals surface area contributed by atoms with Gasteiger partial charge in [-0.15, -0.1) is 0 Å². The van der Waals surface area contributed by atoms with E-state index in [2.05, 4.69) is 41.5 Å². The number of phosphoric acid groups is 2. The van der Waals surface area contributed by atoms with Crippen LogP contribution in [0.15, 0.2) is 0 Å². The number of phosphoric ester groups is 2. The van der Waals surface area contributed by atoms with E-state index in [0.29, 0.717) is 25.7 Å². The van der Waals surface area contributed by atoms with Gasteiger partial charge in [-0.25, -0.2) is 9.13 Å². The highest BCUT2D eigenvalue weighted by Gasteiger charge is 2.30. The summed E-state index contributed by atoms with van der Waals surface area (Å²) in [5.41, 5.74) is 0. The summed E-state index contributed by atoms with van der Waals surface area (Å²) in [6.45, 7) is 9.43. The van der Waals surface area contributed by atoms with Gasteiger partial charge in [-0.1, -0.05) is 266 Å². The van der Waals surface area contributed by atoms with Crippen LogP contribution in [0.2, 0.25) is 0 Å². The molecule has 2 unspecified atom stereocenters. The first-order valence-corrected chi connectivity index (χ1v) is 36.5. The molecule has 0 aliphatic heterocycles. The summed E-state index contributed by atoms with van der Waals surface area (Å²) in [6, 6.07) is 0. The van der Waals surface area contributed by atoms with E-state index in [1.807, 2.05) is 0 Å². The molecular formula is C64H124O17P2. The van der Waals surface area contributed by atoms with Crippen molar-refractivity contribution in [1.82, 2.24) is 0 Å². The summed E-state index contributed by atoms with van der Waals surface area (Å²) in [4.78, 5) is 72.1. The predicted octanol–water partition coefficient (Wildman–Crippen LogP) is 17.7. The number of aliphatic hydroxyl groups excluding tert-OH is 1. The van der Waals surface area contributed by atoms with Crippen molar-refractivity contribution in [3.8, 4) is 0 Å². The van der Waals surface area contributed by atoms with E-state index in [1.54, 1.807) is 0 Å². The Morgan fingerprint density at radius 2 is 0.554 bits per heavy atom. The molecule has 19 heteroatoms. The van der Waals surface area contributed by atoms with E-state index in [9.17, 15) is 43.2 Å². The van der Waals surface area contributed by atoms with E-state index >= 15 is 0 Å². The van der Waals surface area contributed by atoms with Gasteiger partial charge in [0.25, 0.3) is 0 Å². The number of unbranched alkanes of at least 4 members (excludes halogenated alkanes) is 33. The first-order chi connectivity index (χ1) is 39.9. The summed E-state index contributed by atoms with van der Waals surface area (Å²) in [7, 11) is -9.88. The molecule has 0 aromatic carbocycles. The van der Waals surface area contributed by atoms with Crippen molar-refractivity contribution in [2.75, 3.05) is 39.6 Å². The van der Waals surface area contributed by atoms with Crippen molar-refractivity contribution in [1.29, 1.82) is 0 Å². The third-order valence-corrected chi connectivity index (χ3v) is 16.6. The zero-order chi connectivity index (χ0) is 61.5. The second-order valence-electron chi connectivity index (χ2n) is 24.1. The first kappa shape index (κ1) is 81.1. The maximum absolute atomic E-state index is 13.0. The Bertz CT molecular complexity index is 1630. The molecule has 0 bridgehead atoms. The molecule has 0 aliphatic rings. The summed E-state index contributed by atoms with van der Waals surface area (Å²) < 4.78 is 67.9. The van der Waals surface area contributed by atoms with Crippen LogP contribution in [0.4, 0.5) is 0 Å². The van der Waals surface area contributed by atoms with Crippen LogP contribution in [0.1, 0.15) is 318 Å². The fourth-order valence-electron chi connectivity index (χ4n) is 9.53. The van der Waals surface area contributed by atoms with E-state index in [0.717, 1.165) is 115 Å². The lowest BCUT2D eigenvalue weighted by Gasteiger charge is -2.21. The van der Waals surface area contributed by atoms with Gasteiger partial charge in [0, 0.05) is 25.7 Å². The monoisotopic (exact) mass is 1230 g/mol. The quantitative estimate of drug-likeness (QED) is 0.0222. The van der Waals surface area contributed by atoms with E-state index < -0.39 is 97.5 Å². The number of ether oxygens (including phenoxy) is 4. The average Bonchev–Trinajstić information content (AvgIpc) is 3.45. The molecule has 0 radical (unpaired) electrons. The Labute approximate surface area is 505 Å². The molecule has 17 nitrogen and oxygen atoms in total. The number of aliphatic hydroxyl groups is 1. The molecule has 0 saturated carbocycles. The van der Waals surface area contributed by atoms with Crippen molar-refractivity contribution < 1.29 is 80.2 Å². The van der Waals surface area contributed by atoms with Gasteiger partial charge in [-0.3, -0.25) is 37.3 Å². The van der Waals surface area contributed by atoms with Gasteiger partial charge < -0.3 is 33.8 Å². The minimum atomic E-state index is -4.94. The van der Waals surface area contributed by atoms with Crippen molar-refractivity contribution in [3.05, 3.63) is 0 Å². The number of esters is 4. The van der Waals surface area contributed by atoms with Crippen LogP contribution < -0.4 is 0 Å². The molecule has 0 spiro atoms. The minimum Gasteiger partial charge on any atom is -0.462 e. The number of carbonyl (C=O) groups excluding carboxylic acids is 4. The zero-order valence-corrected chi connectivity index (χ0v) is 55.3. The van der Waals surface area contributed by atoms with Crippen LogP contribution in [-0.4, -0.2) is 96.7 Å². The third-order valence-electron chi connectivity index (χ3n) is 14.7. The van der Waals surface area contributed by atoms with Crippen LogP contribution in [0.5, 0.6) is 0 Å². The molecule has 492 valence electrons. The van der Waals surface area contributed by atoms with Gasteiger partial charge in [0.1, 0.15) is 19.3 Å². The lowest BCUT2D eigenvalue weighted by atomic mass is 10.0. The summed E-state index contributed by atoms with van der Waals surface area (Å²) in [6.07, 6.45) is 39.0. The van der Waals surface area contributed by atoms with Crippen LogP contribution >= 0.6 is 15.6 Å².